The van der Waals surface area contributed by atoms with Crippen molar-refractivity contribution in [2.75, 3.05) is 7.05 Å². The molecule has 1 aromatic carbocycles. The van der Waals surface area contributed by atoms with Crippen molar-refractivity contribution in [1.82, 2.24) is 5.32 Å². The number of nitrogens with one attached hydrogen (secondary N) is 1. The summed E-state index contributed by atoms with van der Waals surface area (Å²) in [5.74, 6) is 0. The van der Waals surface area contributed by atoms with Crippen molar-refractivity contribution in [1.29, 1.82) is 0 Å². The Balaban J connectivity index is 3.07. The van der Waals surface area contributed by atoms with Crippen LogP contribution in [0.3, 0.4) is 0 Å². The molecule has 76 valence electrons. The van der Waals surface area contributed by atoms with Gasteiger partial charge in [-0.3, -0.25) is 0 Å². The van der Waals surface area contributed by atoms with Crippen LogP contribution in [-0.2, 0) is 0 Å². The summed E-state index contributed by atoms with van der Waals surface area (Å²) in [5, 5.41) is 4.55. The van der Waals surface area contributed by atoms with Crippen LogP contribution in [0, 0.1) is 0 Å². The summed E-state index contributed by atoms with van der Waals surface area (Å²) in [6.07, 6.45) is 2.65. The number of rotatable bonds is 4. The molecule has 0 aliphatic rings. The number of hydrogen-bond acceptors (Lipinski definition) is 1. The van der Waals surface area contributed by atoms with Crippen LogP contribution in [-0.4, -0.2) is 7.05 Å². The lowest BCUT2D eigenvalue weighted by molar-refractivity contribution is 0.604. The van der Waals surface area contributed by atoms with Crippen molar-refractivity contribution < 1.29 is 0 Å². The first kappa shape index (κ1) is 11.6. The Morgan fingerprint density at radius 1 is 1.43 bits per heavy atom. The van der Waals surface area contributed by atoms with Crippen molar-refractivity contribution in [3.05, 3.63) is 46.5 Å². The van der Waals surface area contributed by atoms with Crippen LogP contribution in [0.1, 0.15) is 18.0 Å². The van der Waals surface area contributed by atoms with E-state index in [1.54, 1.807) is 0 Å². The molecule has 1 unspecified atom stereocenters. The zero-order valence-corrected chi connectivity index (χ0v) is 9.57. The monoisotopic (exact) mass is 229 g/mol. The van der Waals surface area contributed by atoms with Crippen LogP contribution in [0.25, 0.3) is 0 Å². The highest BCUT2D eigenvalue weighted by Gasteiger charge is 2.14. The molecule has 0 aliphatic carbocycles. The van der Waals surface area contributed by atoms with E-state index in [4.69, 9.17) is 23.2 Å². The molecule has 0 saturated heterocycles. The lowest BCUT2D eigenvalue weighted by atomic mass is 10.0. The highest BCUT2D eigenvalue weighted by Crippen LogP contribution is 2.31. The molecule has 0 spiro atoms. The first-order valence-corrected chi connectivity index (χ1v) is 5.18. The van der Waals surface area contributed by atoms with E-state index in [2.05, 4.69) is 11.9 Å². The zero-order valence-electron chi connectivity index (χ0n) is 8.06. The fourth-order valence-corrected chi connectivity index (χ4v) is 2.05. The fraction of sp³-hybridized carbons (Fsp3) is 0.273. The van der Waals surface area contributed by atoms with Crippen LogP contribution in [0.2, 0.25) is 10.0 Å². The molecule has 14 heavy (non-hydrogen) atoms. The average Bonchev–Trinajstić information content (AvgIpc) is 2.16. The predicted molar refractivity (Wildman–Crippen MR) is 63.1 cm³/mol. The second-order valence-electron chi connectivity index (χ2n) is 3.00. The van der Waals surface area contributed by atoms with Crippen molar-refractivity contribution >= 4 is 23.2 Å². The molecule has 0 bridgehead atoms. The zero-order chi connectivity index (χ0) is 10.6. The van der Waals surface area contributed by atoms with E-state index in [1.165, 1.54) is 0 Å². The molecular formula is C11H13Cl2N. The van der Waals surface area contributed by atoms with Gasteiger partial charge in [-0.25, -0.2) is 0 Å². The standard InChI is InChI=1S/C11H13Cl2N/c1-3-5-10(14-2)11-8(12)6-4-7-9(11)13/h3-4,6-7,10,14H,1,5H2,2H3. The van der Waals surface area contributed by atoms with E-state index in [-0.39, 0.29) is 6.04 Å². The summed E-state index contributed by atoms with van der Waals surface area (Å²) < 4.78 is 0. The molecular weight excluding hydrogens is 217 g/mol. The van der Waals surface area contributed by atoms with Gasteiger partial charge in [0.15, 0.2) is 0 Å². The van der Waals surface area contributed by atoms with Gasteiger partial charge in [0, 0.05) is 21.7 Å². The number of benzene rings is 1. The Labute approximate surface area is 94.7 Å². The minimum atomic E-state index is 0.133. The average molecular weight is 230 g/mol. The van der Waals surface area contributed by atoms with E-state index >= 15 is 0 Å². The third-order valence-corrected chi connectivity index (χ3v) is 2.76. The quantitative estimate of drug-likeness (QED) is 0.775. The van der Waals surface area contributed by atoms with Crippen molar-refractivity contribution in [3.63, 3.8) is 0 Å². The van der Waals surface area contributed by atoms with Gasteiger partial charge in [0.25, 0.3) is 0 Å². The summed E-state index contributed by atoms with van der Waals surface area (Å²) in [6, 6.07) is 5.66. The molecule has 1 aromatic rings. The van der Waals surface area contributed by atoms with Crippen molar-refractivity contribution in [2.24, 2.45) is 0 Å². The van der Waals surface area contributed by atoms with Gasteiger partial charge in [0.05, 0.1) is 0 Å². The van der Waals surface area contributed by atoms with Crippen LogP contribution >= 0.6 is 23.2 Å². The third kappa shape index (κ3) is 2.50. The first-order chi connectivity index (χ1) is 6.70. The Bertz CT molecular complexity index is 303. The highest BCUT2D eigenvalue weighted by atomic mass is 35.5. The second kappa shape index (κ2) is 5.40. The second-order valence-corrected chi connectivity index (χ2v) is 3.82. The Kier molecular flexibility index (Phi) is 4.46. The molecule has 1 nitrogen and oxygen atoms in total. The largest absolute Gasteiger partial charge is 0.313 e. The van der Waals surface area contributed by atoms with Gasteiger partial charge >= 0.3 is 0 Å². The van der Waals surface area contributed by atoms with Crippen molar-refractivity contribution in [2.45, 2.75) is 12.5 Å². The Morgan fingerprint density at radius 3 is 2.43 bits per heavy atom. The molecule has 0 fully saturated rings. The van der Waals surface area contributed by atoms with Gasteiger partial charge in [-0.05, 0) is 25.6 Å². The molecule has 0 aromatic heterocycles. The fourth-order valence-electron chi connectivity index (χ4n) is 1.39. The molecule has 0 saturated carbocycles. The van der Waals surface area contributed by atoms with E-state index in [1.807, 2.05) is 31.3 Å². The summed E-state index contributed by atoms with van der Waals surface area (Å²) in [6.45, 7) is 3.71. The molecule has 1 N–H and O–H groups in total. The minimum Gasteiger partial charge on any atom is -0.313 e. The van der Waals surface area contributed by atoms with Crippen LogP contribution in [0.5, 0.6) is 0 Å². The van der Waals surface area contributed by atoms with E-state index in [0.717, 1.165) is 12.0 Å². The van der Waals surface area contributed by atoms with Gasteiger partial charge < -0.3 is 5.32 Å². The van der Waals surface area contributed by atoms with E-state index in [0.29, 0.717) is 10.0 Å². The molecule has 1 atom stereocenters. The van der Waals surface area contributed by atoms with Gasteiger partial charge in [-0.15, -0.1) is 6.58 Å². The topological polar surface area (TPSA) is 12.0 Å². The summed E-state index contributed by atoms with van der Waals surface area (Å²) in [7, 11) is 1.88. The molecule has 3 heteroatoms. The van der Waals surface area contributed by atoms with Crippen molar-refractivity contribution in [3.8, 4) is 0 Å². The molecule has 1 rings (SSSR count). The van der Waals surface area contributed by atoms with Gasteiger partial charge in [-0.2, -0.15) is 0 Å². The summed E-state index contributed by atoms with van der Waals surface area (Å²) in [4.78, 5) is 0. The summed E-state index contributed by atoms with van der Waals surface area (Å²) >= 11 is 12.2. The Hall–Kier alpha value is -0.500. The smallest absolute Gasteiger partial charge is 0.0468 e. The normalized spacial score (nSPS) is 12.5. The lowest BCUT2D eigenvalue weighted by Gasteiger charge is -2.17. The lowest BCUT2D eigenvalue weighted by Crippen LogP contribution is -2.16. The van der Waals surface area contributed by atoms with Gasteiger partial charge in [0.1, 0.15) is 0 Å². The predicted octanol–water partition coefficient (Wildman–Crippen LogP) is 3.83. The molecule has 0 aliphatic heterocycles. The van der Waals surface area contributed by atoms with Gasteiger partial charge in [0.2, 0.25) is 0 Å². The maximum atomic E-state index is 6.08. The summed E-state index contributed by atoms with van der Waals surface area (Å²) in [5.41, 5.74) is 0.943. The SMILES string of the molecule is C=CCC(NC)c1c(Cl)cccc1Cl. The molecule has 0 heterocycles. The van der Waals surface area contributed by atoms with E-state index < -0.39 is 0 Å². The molecule has 0 amide bonds. The maximum absolute atomic E-state index is 6.08. The van der Waals surface area contributed by atoms with Crippen LogP contribution in [0.4, 0.5) is 0 Å². The highest BCUT2D eigenvalue weighted by molar-refractivity contribution is 6.36. The third-order valence-electron chi connectivity index (χ3n) is 2.10. The Morgan fingerprint density at radius 2 is 2.00 bits per heavy atom. The number of halogens is 2. The number of hydrogen-bond donors (Lipinski definition) is 1. The van der Waals surface area contributed by atoms with Gasteiger partial charge in [-0.1, -0.05) is 35.3 Å². The van der Waals surface area contributed by atoms with Crippen LogP contribution in [0.15, 0.2) is 30.9 Å². The van der Waals surface area contributed by atoms with E-state index in [9.17, 15) is 0 Å². The first-order valence-electron chi connectivity index (χ1n) is 4.42. The molecule has 0 radical (unpaired) electrons. The minimum absolute atomic E-state index is 0.133. The van der Waals surface area contributed by atoms with Crippen LogP contribution < -0.4 is 5.32 Å². The maximum Gasteiger partial charge on any atom is 0.0468 e.